The van der Waals surface area contributed by atoms with Gasteiger partial charge in [0.1, 0.15) is 15.5 Å². The third kappa shape index (κ3) is 2.10. The second-order valence-corrected chi connectivity index (χ2v) is 3.94. The molecule has 0 bridgehead atoms. The van der Waals surface area contributed by atoms with E-state index in [2.05, 4.69) is 27.6 Å². The molecule has 0 radical (unpaired) electrons. The lowest BCUT2D eigenvalue weighted by molar-refractivity contribution is 0.299. The molecule has 1 aromatic heterocycles. The Bertz CT molecular complexity index is 368. The first kappa shape index (κ1) is 8.75. The molecule has 0 spiro atoms. The molecule has 13 heavy (non-hydrogen) atoms. The summed E-state index contributed by atoms with van der Waals surface area (Å²) in [4.78, 5) is 4.07. The van der Waals surface area contributed by atoms with Gasteiger partial charge in [0.15, 0.2) is 5.75 Å². The first-order valence-corrected chi connectivity index (χ1v) is 5.11. The number of ether oxygens (including phenoxy) is 1. The number of hydrogen-bond donors (Lipinski definition) is 0. The Morgan fingerprint density at radius 3 is 2.85 bits per heavy atom. The first-order valence-electron chi connectivity index (χ1n) is 4.03. The average Bonchev–Trinajstić information content (AvgIpc) is 2.92. The summed E-state index contributed by atoms with van der Waals surface area (Å²) in [6.45, 7) is 0. The molecular weight excluding hydrogens is 279 g/mol. The van der Waals surface area contributed by atoms with E-state index in [-0.39, 0.29) is 0 Å². The van der Waals surface area contributed by atoms with Gasteiger partial charge in [-0.15, -0.1) is 0 Å². The number of rotatable bonds is 2. The smallest absolute Gasteiger partial charge is 0.151 e. The molecule has 1 heterocycles. The monoisotopic (exact) mass is 286 g/mol. The molecule has 1 aromatic rings. The fourth-order valence-corrected chi connectivity index (χ4v) is 1.50. The van der Waals surface area contributed by atoms with Crippen molar-refractivity contribution < 1.29 is 4.74 Å². The molecule has 3 nitrogen and oxygen atoms in total. The molecule has 1 saturated carbocycles. The van der Waals surface area contributed by atoms with Crippen molar-refractivity contribution in [1.29, 1.82) is 5.26 Å². The van der Waals surface area contributed by atoms with Gasteiger partial charge >= 0.3 is 0 Å². The molecule has 0 aromatic carbocycles. The second kappa shape index (κ2) is 3.50. The van der Waals surface area contributed by atoms with Crippen LogP contribution in [0.15, 0.2) is 12.1 Å². The highest BCUT2D eigenvalue weighted by molar-refractivity contribution is 14.1. The normalized spacial score (nSPS) is 15.1. The minimum atomic E-state index is 0.378. The summed E-state index contributed by atoms with van der Waals surface area (Å²) in [6.07, 6.45) is 2.65. The Morgan fingerprint density at radius 2 is 2.31 bits per heavy atom. The molecular formula is C9H7IN2O. The van der Waals surface area contributed by atoms with E-state index >= 15 is 0 Å². The third-order valence-corrected chi connectivity index (χ3v) is 2.52. The maximum absolute atomic E-state index is 8.59. The van der Waals surface area contributed by atoms with Gasteiger partial charge in [0.25, 0.3) is 0 Å². The highest BCUT2D eigenvalue weighted by atomic mass is 127. The van der Waals surface area contributed by atoms with Crippen LogP contribution in [0.5, 0.6) is 5.75 Å². The predicted octanol–water partition coefficient (Wildman–Crippen LogP) is 2.10. The average molecular weight is 286 g/mol. The number of hydrogen-bond acceptors (Lipinski definition) is 3. The molecule has 2 rings (SSSR count). The van der Waals surface area contributed by atoms with Crippen LogP contribution in [0, 0.1) is 15.0 Å². The van der Waals surface area contributed by atoms with Crippen molar-refractivity contribution in [2.75, 3.05) is 0 Å². The molecule has 1 aliphatic carbocycles. The number of nitrogens with zero attached hydrogens (tertiary/aromatic N) is 2. The van der Waals surface area contributed by atoms with Crippen LogP contribution < -0.4 is 4.74 Å². The Labute approximate surface area is 89.9 Å². The van der Waals surface area contributed by atoms with Gasteiger partial charge in [0, 0.05) is 0 Å². The lowest BCUT2D eigenvalue weighted by atomic mass is 10.4. The maximum atomic E-state index is 8.59. The van der Waals surface area contributed by atoms with Crippen molar-refractivity contribution in [3.05, 3.63) is 21.5 Å². The molecule has 0 saturated heterocycles. The quantitative estimate of drug-likeness (QED) is 0.618. The van der Waals surface area contributed by atoms with E-state index in [0.717, 1.165) is 22.3 Å². The van der Waals surface area contributed by atoms with Crippen LogP contribution in [0.1, 0.15) is 18.5 Å². The summed E-state index contributed by atoms with van der Waals surface area (Å²) in [5.41, 5.74) is 0.438. The van der Waals surface area contributed by atoms with E-state index in [9.17, 15) is 0 Å². The summed E-state index contributed by atoms with van der Waals surface area (Å²) in [7, 11) is 0. The van der Waals surface area contributed by atoms with Crippen LogP contribution in [-0.4, -0.2) is 11.1 Å². The Kier molecular flexibility index (Phi) is 2.36. The molecule has 66 valence electrons. The van der Waals surface area contributed by atoms with E-state index in [1.54, 1.807) is 6.07 Å². The van der Waals surface area contributed by atoms with Crippen LogP contribution in [0.2, 0.25) is 0 Å². The maximum Gasteiger partial charge on any atom is 0.151 e. The SMILES string of the molecule is N#Cc1ccc(OC2CC2)c(I)n1. The zero-order valence-electron chi connectivity index (χ0n) is 6.83. The fraction of sp³-hybridized carbons (Fsp3) is 0.333. The molecule has 0 atom stereocenters. The fourth-order valence-electron chi connectivity index (χ4n) is 0.937. The Hall–Kier alpha value is -0.830. The van der Waals surface area contributed by atoms with E-state index < -0.39 is 0 Å². The molecule has 0 aliphatic heterocycles. The molecule has 0 amide bonds. The number of aromatic nitrogens is 1. The van der Waals surface area contributed by atoms with Crippen molar-refractivity contribution in [2.45, 2.75) is 18.9 Å². The molecule has 1 aliphatic rings. The van der Waals surface area contributed by atoms with Gasteiger partial charge in [-0.25, -0.2) is 4.98 Å². The van der Waals surface area contributed by atoms with E-state index in [0.29, 0.717) is 11.8 Å². The molecule has 0 N–H and O–H groups in total. The minimum absolute atomic E-state index is 0.378. The van der Waals surface area contributed by atoms with E-state index in [4.69, 9.17) is 10.00 Å². The number of pyridine rings is 1. The molecule has 4 heteroatoms. The Morgan fingerprint density at radius 1 is 1.54 bits per heavy atom. The largest absolute Gasteiger partial charge is 0.488 e. The van der Waals surface area contributed by atoms with Gasteiger partial charge < -0.3 is 4.74 Å². The molecule has 1 fully saturated rings. The van der Waals surface area contributed by atoms with Gasteiger partial charge in [0.2, 0.25) is 0 Å². The molecule has 0 unspecified atom stereocenters. The van der Waals surface area contributed by atoms with E-state index in [1.165, 1.54) is 0 Å². The van der Waals surface area contributed by atoms with Crippen molar-refractivity contribution >= 4 is 22.6 Å². The number of halogens is 1. The zero-order valence-corrected chi connectivity index (χ0v) is 8.98. The van der Waals surface area contributed by atoms with Gasteiger partial charge in [0.05, 0.1) is 6.10 Å². The number of nitriles is 1. The van der Waals surface area contributed by atoms with Crippen LogP contribution in [0.25, 0.3) is 0 Å². The van der Waals surface area contributed by atoms with Gasteiger partial charge in [-0.1, -0.05) is 0 Å². The van der Waals surface area contributed by atoms with Crippen LogP contribution in [-0.2, 0) is 0 Å². The third-order valence-electron chi connectivity index (χ3n) is 1.75. The van der Waals surface area contributed by atoms with Crippen molar-refractivity contribution in [3.8, 4) is 11.8 Å². The summed E-state index contributed by atoms with van der Waals surface area (Å²) in [5, 5.41) is 8.59. The predicted molar refractivity (Wildman–Crippen MR) is 55.3 cm³/mol. The summed E-state index contributed by atoms with van der Waals surface area (Å²) >= 11 is 2.08. The lowest BCUT2D eigenvalue weighted by Crippen LogP contribution is -1.99. The topological polar surface area (TPSA) is 45.9 Å². The summed E-state index contributed by atoms with van der Waals surface area (Å²) in [6, 6.07) is 5.48. The second-order valence-electron chi connectivity index (χ2n) is 2.91. The van der Waals surface area contributed by atoms with Crippen molar-refractivity contribution in [2.24, 2.45) is 0 Å². The summed E-state index contributed by atoms with van der Waals surface area (Å²) < 4.78 is 6.34. The van der Waals surface area contributed by atoms with Gasteiger partial charge in [-0.3, -0.25) is 0 Å². The summed E-state index contributed by atoms with van der Waals surface area (Å²) in [5.74, 6) is 0.794. The highest BCUT2D eigenvalue weighted by Gasteiger charge is 2.24. The van der Waals surface area contributed by atoms with Gasteiger partial charge in [-0.2, -0.15) is 5.26 Å². The van der Waals surface area contributed by atoms with Crippen molar-refractivity contribution in [1.82, 2.24) is 4.98 Å². The zero-order chi connectivity index (χ0) is 9.26. The van der Waals surface area contributed by atoms with Gasteiger partial charge in [-0.05, 0) is 47.6 Å². The standard InChI is InChI=1S/C9H7IN2O/c10-9-8(13-7-2-3-7)4-1-6(5-11)12-9/h1,4,7H,2-3H2. The highest BCUT2D eigenvalue weighted by Crippen LogP contribution is 2.29. The van der Waals surface area contributed by atoms with E-state index in [1.807, 2.05) is 12.1 Å². The first-order chi connectivity index (χ1) is 6.29. The minimum Gasteiger partial charge on any atom is -0.488 e. The van der Waals surface area contributed by atoms with Crippen molar-refractivity contribution in [3.63, 3.8) is 0 Å². The van der Waals surface area contributed by atoms with Crippen LogP contribution >= 0.6 is 22.6 Å². The lowest BCUT2D eigenvalue weighted by Gasteiger charge is -2.05. The Balaban J connectivity index is 2.21. The van der Waals surface area contributed by atoms with Crippen LogP contribution in [0.3, 0.4) is 0 Å². The van der Waals surface area contributed by atoms with Crippen LogP contribution in [0.4, 0.5) is 0 Å².